The third kappa shape index (κ3) is 8.12. The van der Waals surface area contributed by atoms with Crippen LogP contribution in [0.5, 0.6) is 17.2 Å². The number of ether oxygens (including phenoxy) is 3. The van der Waals surface area contributed by atoms with Crippen molar-refractivity contribution in [2.45, 2.75) is 6.61 Å². The van der Waals surface area contributed by atoms with Gasteiger partial charge < -0.3 is 24.8 Å². The highest BCUT2D eigenvalue weighted by molar-refractivity contribution is 5.93. The van der Waals surface area contributed by atoms with Gasteiger partial charge in [-0.1, -0.05) is 54.6 Å². The number of benzene rings is 4. The molecule has 6 heteroatoms. The van der Waals surface area contributed by atoms with Crippen molar-refractivity contribution in [3.63, 3.8) is 0 Å². The summed E-state index contributed by atoms with van der Waals surface area (Å²) in [6.45, 7) is 1.51. The Morgan fingerprint density at radius 2 is 1.23 bits per heavy atom. The molecule has 0 saturated heterocycles. The maximum atomic E-state index is 12.4. The van der Waals surface area contributed by atoms with Crippen LogP contribution < -0.4 is 24.8 Å². The average Bonchev–Trinajstić information content (AvgIpc) is 2.91. The number of hydrogen-bond acceptors (Lipinski definition) is 5. The van der Waals surface area contributed by atoms with Crippen LogP contribution in [-0.4, -0.2) is 25.7 Å². The maximum Gasteiger partial charge on any atom is 0.243 e. The van der Waals surface area contributed by atoms with E-state index < -0.39 is 0 Å². The SMILES string of the molecule is O=C(CNc1cccc(OCc2ccccc2)c1)Nc1ccc(OCCOc2ccccc2)cc1. The van der Waals surface area contributed by atoms with Gasteiger partial charge in [0.05, 0.1) is 6.54 Å². The number of rotatable bonds is 12. The standard InChI is InChI=1S/C29H28N2O4/c32-29(21-30-25-10-7-13-28(20-25)35-22-23-8-3-1-4-9-23)31-24-14-16-27(17-15-24)34-19-18-33-26-11-5-2-6-12-26/h1-17,20,30H,18-19,21-22H2,(H,31,32). The predicted molar refractivity (Wildman–Crippen MR) is 138 cm³/mol. The van der Waals surface area contributed by atoms with E-state index in [-0.39, 0.29) is 12.5 Å². The predicted octanol–water partition coefficient (Wildman–Crippen LogP) is 5.77. The first-order chi connectivity index (χ1) is 17.2. The van der Waals surface area contributed by atoms with E-state index in [2.05, 4.69) is 10.6 Å². The number of nitrogens with one attached hydrogen (secondary N) is 2. The summed E-state index contributed by atoms with van der Waals surface area (Å²) in [4.78, 5) is 12.4. The van der Waals surface area contributed by atoms with Gasteiger partial charge in [0.25, 0.3) is 0 Å². The average molecular weight is 469 g/mol. The lowest BCUT2D eigenvalue weighted by Gasteiger charge is -2.11. The van der Waals surface area contributed by atoms with Crippen LogP contribution >= 0.6 is 0 Å². The van der Waals surface area contributed by atoms with Crippen molar-refractivity contribution < 1.29 is 19.0 Å². The Morgan fingerprint density at radius 1 is 0.600 bits per heavy atom. The fourth-order valence-electron chi connectivity index (χ4n) is 3.29. The van der Waals surface area contributed by atoms with E-state index in [4.69, 9.17) is 14.2 Å². The van der Waals surface area contributed by atoms with E-state index in [9.17, 15) is 4.79 Å². The summed E-state index contributed by atoms with van der Waals surface area (Å²) < 4.78 is 17.1. The smallest absolute Gasteiger partial charge is 0.243 e. The molecular formula is C29H28N2O4. The van der Waals surface area contributed by atoms with E-state index in [1.54, 1.807) is 0 Å². The number of para-hydroxylation sites is 1. The minimum absolute atomic E-state index is 0.136. The first kappa shape index (κ1) is 23.7. The molecule has 0 fully saturated rings. The molecule has 2 N–H and O–H groups in total. The molecule has 4 rings (SSSR count). The van der Waals surface area contributed by atoms with Crippen molar-refractivity contribution in [3.05, 3.63) is 115 Å². The van der Waals surface area contributed by atoms with Gasteiger partial charge in [-0.05, 0) is 54.1 Å². The topological polar surface area (TPSA) is 68.8 Å². The van der Waals surface area contributed by atoms with Gasteiger partial charge in [0.2, 0.25) is 5.91 Å². The minimum Gasteiger partial charge on any atom is -0.490 e. The van der Waals surface area contributed by atoms with Crippen LogP contribution in [0.15, 0.2) is 109 Å². The largest absolute Gasteiger partial charge is 0.490 e. The quantitative estimate of drug-likeness (QED) is 0.258. The van der Waals surface area contributed by atoms with Crippen LogP contribution in [0, 0.1) is 0 Å². The van der Waals surface area contributed by atoms with Crippen molar-refractivity contribution in [1.29, 1.82) is 0 Å². The fraction of sp³-hybridized carbons (Fsp3) is 0.138. The molecule has 1 amide bonds. The van der Waals surface area contributed by atoms with Crippen LogP contribution in [0.4, 0.5) is 11.4 Å². The third-order valence-corrected chi connectivity index (χ3v) is 5.04. The molecule has 0 unspecified atom stereocenters. The highest BCUT2D eigenvalue weighted by Gasteiger charge is 2.04. The zero-order valence-electron chi connectivity index (χ0n) is 19.4. The third-order valence-electron chi connectivity index (χ3n) is 5.04. The zero-order valence-corrected chi connectivity index (χ0v) is 19.4. The first-order valence-corrected chi connectivity index (χ1v) is 11.5. The lowest BCUT2D eigenvalue weighted by Crippen LogP contribution is -2.21. The Labute approximate surface area is 205 Å². The van der Waals surface area contributed by atoms with Gasteiger partial charge in [0, 0.05) is 17.4 Å². The van der Waals surface area contributed by atoms with Crippen LogP contribution in [0.2, 0.25) is 0 Å². The monoisotopic (exact) mass is 468 g/mol. The Kier molecular flexibility index (Phi) is 8.60. The number of anilines is 2. The number of amides is 1. The van der Waals surface area contributed by atoms with Crippen molar-refractivity contribution in [2.75, 3.05) is 30.4 Å². The van der Waals surface area contributed by atoms with Crippen molar-refractivity contribution in [2.24, 2.45) is 0 Å². The second-order valence-electron chi connectivity index (χ2n) is 7.74. The second-order valence-corrected chi connectivity index (χ2v) is 7.74. The summed E-state index contributed by atoms with van der Waals surface area (Å²) in [7, 11) is 0. The Hall–Kier alpha value is -4.45. The highest BCUT2D eigenvalue weighted by Crippen LogP contribution is 2.19. The van der Waals surface area contributed by atoms with Crippen molar-refractivity contribution >= 4 is 17.3 Å². The molecule has 0 heterocycles. The van der Waals surface area contributed by atoms with Crippen LogP contribution in [-0.2, 0) is 11.4 Å². The Balaban J connectivity index is 1.17. The molecule has 0 radical (unpaired) electrons. The number of carbonyl (C=O) groups excluding carboxylic acids is 1. The molecule has 0 aliphatic rings. The van der Waals surface area contributed by atoms with Crippen molar-refractivity contribution in [3.8, 4) is 17.2 Å². The summed E-state index contributed by atoms with van der Waals surface area (Å²) in [5.41, 5.74) is 2.61. The number of carbonyl (C=O) groups is 1. The Morgan fingerprint density at radius 3 is 1.94 bits per heavy atom. The second kappa shape index (κ2) is 12.7. The molecule has 4 aromatic carbocycles. The van der Waals surface area contributed by atoms with Crippen molar-refractivity contribution in [1.82, 2.24) is 0 Å². The number of hydrogen-bond donors (Lipinski definition) is 2. The van der Waals surface area contributed by atoms with E-state index in [1.807, 2.05) is 109 Å². The summed E-state index contributed by atoms with van der Waals surface area (Å²) in [6.07, 6.45) is 0. The van der Waals surface area contributed by atoms with Gasteiger partial charge in [0.1, 0.15) is 37.1 Å². The lowest BCUT2D eigenvalue weighted by atomic mass is 10.2. The van der Waals surface area contributed by atoms with Crippen LogP contribution in [0.25, 0.3) is 0 Å². The highest BCUT2D eigenvalue weighted by atomic mass is 16.5. The molecule has 0 saturated carbocycles. The summed E-state index contributed by atoms with van der Waals surface area (Å²) >= 11 is 0. The first-order valence-electron chi connectivity index (χ1n) is 11.5. The molecule has 6 nitrogen and oxygen atoms in total. The molecule has 0 atom stereocenters. The Bertz CT molecular complexity index is 1180. The summed E-state index contributed by atoms with van der Waals surface area (Å²) in [5.74, 6) is 2.12. The van der Waals surface area contributed by atoms with Crippen LogP contribution in [0.1, 0.15) is 5.56 Å². The molecule has 178 valence electrons. The van der Waals surface area contributed by atoms with Gasteiger partial charge in [-0.3, -0.25) is 4.79 Å². The minimum atomic E-state index is -0.148. The van der Waals surface area contributed by atoms with Crippen LogP contribution in [0.3, 0.4) is 0 Å². The summed E-state index contributed by atoms with van der Waals surface area (Å²) in [5, 5.41) is 6.01. The molecule has 4 aromatic rings. The van der Waals surface area contributed by atoms with E-state index in [0.717, 1.165) is 22.7 Å². The maximum absolute atomic E-state index is 12.4. The molecule has 0 aromatic heterocycles. The zero-order chi connectivity index (χ0) is 24.1. The van der Waals surface area contributed by atoms with Gasteiger partial charge in [-0.25, -0.2) is 0 Å². The van der Waals surface area contributed by atoms with E-state index in [1.165, 1.54) is 0 Å². The van der Waals surface area contributed by atoms with E-state index in [0.29, 0.717) is 31.3 Å². The fourth-order valence-corrected chi connectivity index (χ4v) is 3.29. The lowest BCUT2D eigenvalue weighted by molar-refractivity contribution is -0.114. The van der Waals surface area contributed by atoms with Gasteiger partial charge >= 0.3 is 0 Å². The van der Waals surface area contributed by atoms with E-state index >= 15 is 0 Å². The van der Waals surface area contributed by atoms with Gasteiger partial charge in [0.15, 0.2) is 0 Å². The molecule has 0 bridgehead atoms. The summed E-state index contributed by atoms with van der Waals surface area (Å²) in [6, 6.07) is 34.4. The molecule has 0 aliphatic heterocycles. The normalized spacial score (nSPS) is 10.3. The van der Waals surface area contributed by atoms with Gasteiger partial charge in [-0.15, -0.1) is 0 Å². The molecule has 35 heavy (non-hydrogen) atoms. The van der Waals surface area contributed by atoms with Gasteiger partial charge in [-0.2, -0.15) is 0 Å². The molecule has 0 aliphatic carbocycles. The molecule has 0 spiro atoms. The molecular weight excluding hydrogens is 440 g/mol.